The van der Waals surface area contributed by atoms with E-state index >= 15 is 0 Å². The number of nitrogens with zero attached hydrogens (tertiary/aromatic N) is 3. The number of alkyl halides is 3. The van der Waals surface area contributed by atoms with Crippen molar-refractivity contribution < 1.29 is 32.6 Å². The summed E-state index contributed by atoms with van der Waals surface area (Å²) < 4.78 is 41.8. The average Bonchev–Trinajstić information content (AvgIpc) is 2.80. The summed E-state index contributed by atoms with van der Waals surface area (Å²) in [4.78, 5) is 33.4. The molecule has 8 nitrogen and oxygen atoms in total. The molecule has 0 bridgehead atoms. The fraction of sp³-hybridized carbons (Fsp3) is 0.435. The van der Waals surface area contributed by atoms with E-state index < -0.39 is 23.4 Å². The van der Waals surface area contributed by atoms with Gasteiger partial charge in [-0.05, 0) is 54.9 Å². The second-order valence-electron chi connectivity index (χ2n) is 9.01. The van der Waals surface area contributed by atoms with Gasteiger partial charge >= 0.3 is 6.36 Å². The molecule has 1 saturated heterocycles. The normalized spacial score (nSPS) is 16.6. The summed E-state index contributed by atoms with van der Waals surface area (Å²) in [6, 6.07) is 5.30. The zero-order chi connectivity index (χ0) is 26.8. The molecule has 3 rings (SSSR count). The number of halogens is 5. The Morgan fingerprint density at radius 3 is 2.53 bits per heavy atom. The van der Waals surface area contributed by atoms with Gasteiger partial charge in [-0.15, -0.1) is 13.2 Å². The highest BCUT2D eigenvalue weighted by molar-refractivity contribution is 9.10. The number of hydrogen-bond donors (Lipinski definition) is 2. The highest BCUT2D eigenvalue weighted by Crippen LogP contribution is 2.37. The number of ether oxygens (including phenoxy) is 1. The largest absolute Gasteiger partial charge is 0.573 e. The van der Waals surface area contributed by atoms with E-state index in [1.54, 1.807) is 24.8 Å². The quantitative estimate of drug-likeness (QED) is 0.504. The van der Waals surface area contributed by atoms with Crippen LogP contribution in [0.25, 0.3) is 0 Å². The van der Waals surface area contributed by atoms with Crippen LogP contribution >= 0.6 is 27.5 Å². The van der Waals surface area contributed by atoms with Crippen LogP contribution in [0.1, 0.15) is 31.1 Å². The monoisotopic (exact) mass is 592 g/mol. The van der Waals surface area contributed by atoms with E-state index in [9.17, 15) is 27.9 Å². The van der Waals surface area contributed by atoms with Gasteiger partial charge in [0.15, 0.2) is 0 Å². The first-order chi connectivity index (χ1) is 16.7. The van der Waals surface area contributed by atoms with Gasteiger partial charge in [0, 0.05) is 37.9 Å². The molecule has 36 heavy (non-hydrogen) atoms. The van der Waals surface area contributed by atoms with Crippen molar-refractivity contribution in [3.05, 3.63) is 45.5 Å². The minimum atomic E-state index is -4.91. The molecule has 0 aliphatic carbocycles. The standard InChI is InChI=1S/C23H25BrClF3N4O4/c1-13-11-31(21(35)22(2,3)12-33)6-7-32(13)19-5-4-14(10-29-19)20(34)30-17-9-18(36-23(26,27)28)15(24)8-16(17)25/h4-5,8-10,13,33H,6-7,11-12H2,1-3H3,(H,30,34)/t13-/m1/s1. The number of amides is 2. The topological polar surface area (TPSA) is 95.0 Å². The van der Waals surface area contributed by atoms with Crippen molar-refractivity contribution in [2.75, 3.05) is 36.5 Å². The number of nitrogens with one attached hydrogen (secondary N) is 1. The predicted octanol–water partition coefficient (Wildman–Crippen LogP) is 4.70. The first-order valence-corrected chi connectivity index (χ1v) is 12.1. The molecule has 0 saturated carbocycles. The summed E-state index contributed by atoms with van der Waals surface area (Å²) >= 11 is 9.02. The van der Waals surface area contributed by atoms with Crippen LogP contribution in [-0.4, -0.2) is 65.5 Å². The van der Waals surface area contributed by atoms with Gasteiger partial charge < -0.3 is 25.0 Å². The van der Waals surface area contributed by atoms with Gasteiger partial charge in [0.2, 0.25) is 5.91 Å². The Bertz CT molecular complexity index is 1130. The summed E-state index contributed by atoms with van der Waals surface area (Å²) in [6.45, 7) is 6.53. The molecule has 196 valence electrons. The highest BCUT2D eigenvalue weighted by atomic mass is 79.9. The van der Waals surface area contributed by atoms with Crippen LogP contribution in [-0.2, 0) is 4.79 Å². The summed E-state index contributed by atoms with van der Waals surface area (Å²) in [6.07, 6.45) is -3.56. The Morgan fingerprint density at radius 2 is 1.97 bits per heavy atom. The Hall–Kier alpha value is -2.57. The lowest BCUT2D eigenvalue weighted by atomic mass is 9.92. The van der Waals surface area contributed by atoms with Gasteiger partial charge in [0.1, 0.15) is 11.6 Å². The number of piperazine rings is 1. The average molecular weight is 594 g/mol. The molecule has 2 heterocycles. The van der Waals surface area contributed by atoms with E-state index in [0.717, 1.165) is 6.07 Å². The number of rotatable bonds is 6. The molecule has 1 aromatic heterocycles. The van der Waals surface area contributed by atoms with E-state index in [2.05, 4.69) is 31.0 Å². The van der Waals surface area contributed by atoms with Crippen molar-refractivity contribution in [2.24, 2.45) is 5.41 Å². The Balaban J connectivity index is 1.68. The first kappa shape index (κ1) is 28.0. The fourth-order valence-electron chi connectivity index (χ4n) is 3.69. The zero-order valence-corrected chi connectivity index (χ0v) is 22.0. The molecule has 1 aliphatic rings. The van der Waals surface area contributed by atoms with E-state index in [0.29, 0.717) is 25.5 Å². The molecule has 1 aliphatic heterocycles. The Morgan fingerprint density at radius 1 is 1.28 bits per heavy atom. The second kappa shape index (κ2) is 10.8. The second-order valence-corrected chi connectivity index (χ2v) is 10.3. The third kappa shape index (κ3) is 6.60. The summed E-state index contributed by atoms with van der Waals surface area (Å²) in [5, 5.41) is 12.0. The van der Waals surface area contributed by atoms with Crippen LogP contribution in [0.4, 0.5) is 24.7 Å². The minimum absolute atomic E-state index is 0.0138. The molecular weight excluding hydrogens is 569 g/mol. The number of pyridine rings is 1. The van der Waals surface area contributed by atoms with Gasteiger partial charge in [-0.25, -0.2) is 4.98 Å². The van der Waals surface area contributed by atoms with Crippen molar-refractivity contribution in [1.29, 1.82) is 0 Å². The molecule has 13 heteroatoms. The third-order valence-corrected chi connectivity index (χ3v) is 6.62. The molecule has 1 atom stereocenters. The molecule has 0 unspecified atom stereocenters. The molecule has 2 amide bonds. The lowest BCUT2D eigenvalue weighted by molar-refractivity contribution is -0.274. The zero-order valence-electron chi connectivity index (χ0n) is 19.7. The van der Waals surface area contributed by atoms with E-state index in [4.69, 9.17) is 11.6 Å². The molecule has 0 spiro atoms. The van der Waals surface area contributed by atoms with E-state index in [-0.39, 0.29) is 39.3 Å². The number of aliphatic hydroxyl groups excluding tert-OH is 1. The number of carbonyl (C=O) groups is 2. The van der Waals surface area contributed by atoms with E-state index in [1.165, 1.54) is 18.3 Å². The number of aliphatic hydroxyl groups is 1. The smallest absolute Gasteiger partial charge is 0.405 e. The molecule has 1 aromatic carbocycles. The van der Waals surface area contributed by atoms with Gasteiger partial charge in [-0.3, -0.25) is 9.59 Å². The highest BCUT2D eigenvalue weighted by Gasteiger charge is 2.35. The number of benzene rings is 1. The molecular formula is C23H25BrClF3N4O4. The third-order valence-electron chi connectivity index (χ3n) is 5.69. The van der Waals surface area contributed by atoms with Crippen molar-refractivity contribution in [1.82, 2.24) is 9.88 Å². The maximum atomic E-state index is 12.7. The summed E-state index contributed by atoms with van der Waals surface area (Å²) in [5.74, 6) is -0.683. The first-order valence-electron chi connectivity index (χ1n) is 10.9. The molecule has 2 N–H and O–H groups in total. The van der Waals surface area contributed by atoms with Crippen LogP contribution in [0, 0.1) is 5.41 Å². The molecule has 1 fully saturated rings. The summed E-state index contributed by atoms with van der Waals surface area (Å²) in [7, 11) is 0. The number of anilines is 2. The van der Waals surface area contributed by atoms with Crippen LogP contribution in [0.3, 0.4) is 0 Å². The van der Waals surface area contributed by atoms with Crippen molar-refractivity contribution in [3.8, 4) is 5.75 Å². The fourth-order valence-corrected chi connectivity index (χ4v) is 4.46. The Labute approximate surface area is 219 Å². The van der Waals surface area contributed by atoms with Gasteiger partial charge in [0.05, 0.1) is 32.8 Å². The van der Waals surface area contributed by atoms with Crippen molar-refractivity contribution in [3.63, 3.8) is 0 Å². The van der Waals surface area contributed by atoms with Gasteiger partial charge in [-0.2, -0.15) is 0 Å². The SMILES string of the molecule is C[C@@H]1CN(C(=O)C(C)(C)CO)CCN1c1ccc(C(=O)Nc2cc(OC(F)(F)F)c(Br)cc2Cl)cn1. The van der Waals surface area contributed by atoms with E-state index in [1.807, 2.05) is 11.8 Å². The lowest BCUT2D eigenvalue weighted by Gasteiger charge is -2.42. The minimum Gasteiger partial charge on any atom is -0.405 e. The van der Waals surface area contributed by atoms with Crippen LogP contribution in [0.2, 0.25) is 5.02 Å². The van der Waals surface area contributed by atoms with Gasteiger partial charge in [0.25, 0.3) is 5.91 Å². The van der Waals surface area contributed by atoms with Crippen molar-refractivity contribution >= 4 is 50.9 Å². The maximum Gasteiger partial charge on any atom is 0.573 e. The van der Waals surface area contributed by atoms with Gasteiger partial charge in [-0.1, -0.05) is 11.6 Å². The van der Waals surface area contributed by atoms with Crippen LogP contribution in [0.5, 0.6) is 5.75 Å². The number of aromatic nitrogens is 1. The number of carbonyl (C=O) groups excluding carboxylic acids is 2. The number of hydrogen-bond acceptors (Lipinski definition) is 6. The van der Waals surface area contributed by atoms with Crippen LogP contribution < -0.4 is 15.0 Å². The lowest BCUT2D eigenvalue weighted by Crippen LogP contribution is -2.56. The Kier molecular flexibility index (Phi) is 8.41. The predicted molar refractivity (Wildman–Crippen MR) is 132 cm³/mol. The summed E-state index contributed by atoms with van der Waals surface area (Å²) in [5.41, 5.74) is -0.748. The maximum absolute atomic E-state index is 12.7. The molecule has 0 radical (unpaired) electrons. The van der Waals surface area contributed by atoms with Crippen LogP contribution in [0.15, 0.2) is 34.9 Å². The molecule has 2 aromatic rings. The van der Waals surface area contributed by atoms with Crippen molar-refractivity contribution in [2.45, 2.75) is 33.2 Å².